The molecule has 1 aliphatic rings. The van der Waals surface area contributed by atoms with Crippen molar-refractivity contribution < 1.29 is 19.5 Å². The minimum Gasteiger partial charge on any atom is -0.383 e. The lowest BCUT2D eigenvalue weighted by molar-refractivity contribution is -0.141. The quantitative estimate of drug-likeness (QED) is 0.606. The van der Waals surface area contributed by atoms with Gasteiger partial charge in [0.25, 0.3) is 0 Å². The van der Waals surface area contributed by atoms with Gasteiger partial charge in [0.1, 0.15) is 6.10 Å². The first kappa shape index (κ1) is 17.4. The first-order valence-electron chi connectivity index (χ1n) is 7.26. The molecule has 120 valence electrons. The van der Waals surface area contributed by atoms with Crippen molar-refractivity contribution in [3.05, 3.63) is 0 Å². The molecule has 1 unspecified atom stereocenters. The summed E-state index contributed by atoms with van der Waals surface area (Å²) in [5.74, 6) is -1.26. The van der Waals surface area contributed by atoms with Gasteiger partial charge in [0.2, 0.25) is 17.7 Å². The van der Waals surface area contributed by atoms with Crippen LogP contribution in [-0.2, 0) is 14.4 Å². The van der Waals surface area contributed by atoms with Gasteiger partial charge < -0.3 is 21.1 Å². The van der Waals surface area contributed by atoms with Crippen LogP contribution in [0.15, 0.2) is 0 Å². The van der Waals surface area contributed by atoms with Crippen LogP contribution in [0.2, 0.25) is 0 Å². The molecular weight excluding hydrogens is 274 g/mol. The second kappa shape index (κ2) is 7.40. The normalized spacial score (nSPS) is 18.0. The Labute approximate surface area is 124 Å². The Morgan fingerprint density at radius 1 is 1.38 bits per heavy atom. The fraction of sp³-hybridized carbons (Fsp3) is 0.786. The molecule has 21 heavy (non-hydrogen) atoms. The zero-order valence-corrected chi connectivity index (χ0v) is 12.7. The van der Waals surface area contributed by atoms with E-state index in [1.54, 1.807) is 18.7 Å². The topological polar surface area (TPSA) is 113 Å². The molecule has 0 spiro atoms. The number of rotatable bonds is 6. The highest BCUT2D eigenvalue weighted by Gasteiger charge is 2.36. The van der Waals surface area contributed by atoms with Crippen LogP contribution >= 0.6 is 0 Å². The molecule has 0 radical (unpaired) electrons. The van der Waals surface area contributed by atoms with Gasteiger partial charge >= 0.3 is 0 Å². The molecule has 4 N–H and O–H groups in total. The lowest BCUT2D eigenvalue weighted by Gasteiger charge is -2.35. The van der Waals surface area contributed by atoms with Gasteiger partial charge in [-0.3, -0.25) is 14.4 Å². The number of aliphatic hydroxyl groups is 1. The molecule has 0 aromatic carbocycles. The van der Waals surface area contributed by atoms with Crippen molar-refractivity contribution >= 4 is 17.7 Å². The number of nitrogens with two attached hydrogens (primary N) is 1. The Bertz CT molecular complexity index is 409. The molecule has 7 nitrogen and oxygen atoms in total. The summed E-state index contributed by atoms with van der Waals surface area (Å²) < 4.78 is 0. The third-order valence-electron chi connectivity index (χ3n) is 3.70. The van der Waals surface area contributed by atoms with Crippen LogP contribution in [0.25, 0.3) is 0 Å². The molecule has 0 bridgehead atoms. The van der Waals surface area contributed by atoms with Gasteiger partial charge in [-0.2, -0.15) is 0 Å². The molecule has 3 amide bonds. The molecule has 0 saturated carbocycles. The van der Waals surface area contributed by atoms with Crippen LogP contribution < -0.4 is 11.1 Å². The summed E-state index contributed by atoms with van der Waals surface area (Å²) in [5.41, 5.74) is 4.14. The first-order valence-corrected chi connectivity index (χ1v) is 7.26. The fourth-order valence-corrected chi connectivity index (χ4v) is 2.41. The maximum atomic E-state index is 12.0. The van der Waals surface area contributed by atoms with Gasteiger partial charge in [-0.25, -0.2) is 0 Å². The molecule has 1 atom stereocenters. The highest BCUT2D eigenvalue weighted by Crippen LogP contribution is 2.24. The van der Waals surface area contributed by atoms with Crippen LogP contribution in [0.1, 0.15) is 39.5 Å². The van der Waals surface area contributed by atoms with Crippen LogP contribution in [0.3, 0.4) is 0 Å². The number of aliphatic hydroxyl groups excluding tert-OH is 1. The van der Waals surface area contributed by atoms with E-state index in [1.165, 1.54) is 0 Å². The number of hydrogen-bond acceptors (Lipinski definition) is 4. The van der Waals surface area contributed by atoms with Crippen molar-refractivity contribution in [1.82, 2.24) is 10.2 Å². The van der Waals surface area contributed by atoms with Gasteiger partial charge in [0.15, 0.2) is 0 Å². The van der Waals surface area contributed by atoms with Gasteiger partial charge in [0, 0.05) is 24.9 Å². The molecule has 1 fully saturated rings. The number of hydrogen-bond donors (Lipinski definition) is 3. The Balaban J connectivity index is 2.63. The average molecular weight is 299 g/mol. The standard InChI is InChI=1S/C14H25N3O4/c1-14(2,12(20)13(21)16-8-10(15)18)9-17-7-5-3-4-6-11(17)19/h12,20H,3-9H2,1-2H3,(H2,15,18)(H,16,21). The van der Waals surface area contributed by atoms with Crippen molar-refractivity contribution in [3.8, 4) is 0 Å². The molecule has 0 aliphatic carbocycles. The van der Waals surface area contributed by atoms with E-state index in [-0.39, 0.29) is 12.5 Å². The molecule has 1 aliphatic heterocycles. The van der Waals surface area contributed by atoms with Gasteiger partial charge in [0.05, 0.1) is 6.54 Å². The molecule has 7 heteroatoms. The monoisotopic (exact) mass is 299 g/mol. The van der Waals surface area contributed by atoms with E-state index >= 15 is 0 Å². The van der Waals surface area contributed by atoms with Gasteiger partial charge in [-0.1, -0.05) is 20.3 Å². The smallest absolute Gasteiger partial charge is 0.249 e. The van der Waals surface area contributed by atoms with E-state index in [1.807, 2.05) is 0 Å². The summed E-state index contributed by atoms with van der Waals surface area (Å²) >= 11 is 0. The average Bonchev–Trinajstić information content (AvgIpc) is 2.60. The molecule has 0 aromatic rings. The van der Waals surface area contributed by atoms with Crippen LogP contribution in [0, 0.1) is 5.41 Å². The zero-order valence-electron chi connectivity index (χ0n) is 12.7. The lowest BCUT2D eigenvalue weighted by atomic mass is 9.85. The number of primary amides is 1. The minimum absolute atomic E-state index is 0.0605. The molecular formula is C14H25N3O4. The van der Waals surface area contributed by atoms with Crippen LogP contribution in [-0.4, -0.2) is 53.5 Å². The van der Waals surface area contributed by atoms with E-state index in [0.29, 0.717) is 19.5 Å². The Hall–Kier alpha value is -1.63. The number of amides is 3. The summed E-state index contributed by atoms with van der Waals surface area (Å²) in [6.07, 6.45) is 2.04. The number of carbonyl (C=O) groups excluding carboxylic acids is 3. The molecule has 0 aromatic heterocycles. The Morgan fingerprint density at radius 3 is 2.67 bits per heavy atom. The van der Waals surface area contributed by atoms with Crippen molar-refractivity contribution in [2.45, 2.75) is 45.6 Å². The molecule has 1 saturated heterocycles. The van der Waals surface area contributed by atoms with Crippen molar-refractivity contribution in [1.29, 1.82) is 0 Å². The van der Waals surface area contributed by atoms with Crippen LogP contribution in [0.5, 0.6) is 0 Å². The van der Waals surface area contributed by atoms with Crippen molar-refractivity contribution in [2.24, 2.45) is 11.1 Å². The predicted octanol–water partition coefficient (Wildman–Crippen LogP) is -0.622. The zero-order chi connectivity index (χ0) is 16.0. The number of nitrogens with zero attached hydrogens (tertiary/aromatic N) is 1. The highest BCUT2D eigenvalue weighted by atomic mass is 16.3. The summed E-state index contributed by atoms with van der Waals surface area (Å²) in [6, 6.07) is 0. The van der Waals surface area contributed by atoms with Crippen LogP contribution in [0.4, 0.5) is 0 Å². The fourth-order valence-electron chi connectivity index (χ4n) is 2.41. The predicted molar refractivity (Wildman–Crippen MR) is 77.0 cm³/mol. The summed E-state index contributed by atoms with van der Waals surface area (Å²) in [6.45, 7) is 4.09. The van der Waals surface area contributed by atoms with Crippen molar-refractivity contribution in [2.75, 3.05) is 19.6 Å². The summed E-state index contributed by atoms with van der Waals surface area (Å²) in [5, 5.41) is 12.4. The van der Waals surface area contributed by atoms with Gasteiger partial charge in [-0.15, -0.1) is 0 Å². The largest absolute Gasteiger partial charge is 0.383 e. The maximum Gasteiger partial charge on any atom is 0.249 e. The highest BCUT2D eigenvalue weighted by molar-refractivity contribution is 5.86. The number of likely N-dealkylation sites (tertiary alicyclic amines) is 1. The number of nitrogens with one attached hydrogen (secondary N) is 1. The Morgan fingerprint density at radius 2 is 2.05 bits per heavy atom. The SMILES string of the molecule is CC(C)(CN1CCCCCC1=O)C(O)C(=O)NCC(N)=O. The lowest BCUT2D eigenvalue weighted by Crippen LogP contribution is -2.51. The third kappa shape index (κ3) is 5.34. The third-order valence-corrected chi connectivity index (χ3v) is 3.70. The van der Waals surface area contributed by atoms with Gasteiger partial charge in [-0.05, 0) is 12.8 Å². The summed E-state index contributed by atoms with van der Waals surface area (Å²) in [4.78, 5) is 36.1. The maximum absolute atomic E-state index is 12.0. The molecule has 1 rings (SSSR count). The molecule has 1 heterocycles. The summed E-state index contributed by atoms with van der Waals surface area (Å²) in [7, 11) is 0. The second-order valence-electron chi connectivity index (χ2n) is 6.20. The number of carbonyl (C=O) groups is 3. The van der Waals surface area contributed by atoms with Crippen molar-refractivity contribution in [3.63, 3.8) is 0 Å². The first-order chi connectivity index (χ1) is 9.74. The van der Waals surface area contributed by atoms with E-state index in [4.69, 9.17) is 5.73 Å². The van der Waals surface area contributed by atoms with E-state index < -0.39 is 23.3 Å². The van der Waals surface area contributed by atoms with E-state index in [0.717, 1.165) is 19.3 Å². The second-order valence-corrected chi connectivity index (χ2v) is 6.20. The van der Waals surface area contributed by atoms with E-state index in [2.05, 4.69) is 5.32 Å². The minimum atomic E-state index is -1.31. The Kier molecular flexibility index (Phi) is 6.14. The van der Waals surface area contributed by atoms with E-state index in [9.17, 15) is 19.5 Å².